The molecule has 3 fully saturated rings. The molecule has 1 aliphatic carbocycles. The van der Waals surface area contributed by atoms with E-state index in [4.69, 9.17) is 13.9 Å². The molecule has 44 heavy (non-hydrogen) atoms. The number of amides is 3. The maximum Gasteiger partial charge on any atom is 0.320 e. The van der Waals surface area contributed by atoms with Crippen LogP contribution in [0.3, 0.4) is 0 Å². The van der Waals surface area contributed by atoms with E-state index in [0.717, 1.165) is 18.4 Å². The van der Waals surface area contributed by atoms with E-state index in [2.05, 4.69) is 13.8 Å². The maximum atomic E-state index is 14.4. The van der Waals surface area contributed by atoms with Gasteiger partial charge in [-0.1, -0.05) is 44.2 Å². The van der Waals surface area contributed by atoms with E-state index in [1.54, 1.807) is 26.8 Å². The number of piperazine rings is 1. The van der Waals surface area contributed by atoms with Gasteiger partial charge in [-0.3, -0.25) is 19.2 Å². The fourth-order valence-electron chi connectivity index (χ4n) is 7.03. The lowest BCUT2D eigenvalue weighted by Crippen LogP contribution is -2.61. The molecule has 0 N–H and O–H groups in total. The zero-order valence-electron chi connectivity index (χ0n) is 25.6. The van der Waals surface area contributed by atoms with Gasteiger partial charge in [0, 0.05) is 44.2 Å². The minimum atomic E-state index is -1.19. The predicted octanol–water partition coefficient (Wildman–Crippen LogP) is 3.88. The van der Waals surface area contributed by atoms with Crippen molar-refractivity contribution in [1.29, 1.82) is 0 Å². The maximum absolute atomic E-state index is 14.4. The van der Waals surface area contributed by atoms with E-state index in [1.807, 2.05) is 36.4 Å². The van der Waals surface area contributed by atoms with Gasteiger partial charge < -0.3 is 28.6 Å². The molecule has 2 saturated heterocycles. The molecule has 10 nitrogen and oxygen atoms in total. The Morgan fingerprint density at radius 1 is 1.00 bits per heavy atom. The molecule has 0 spiro atoms. The summed E-state index contributed by atoms with van der Waals surface area (Å²) in [7, 11) is 1.38. The summed E-state index contributed by atoms with van der Waals surface area (Å²) >= 11 is 0. The van der Waals surface area contributed by atoms with Gasteiger partial charge in [0.05, 0.1) is 32.1 Å². The Kier molecular flexibility index (Phi) is 8.37. The average molecular weight is 604 g/mol. The number of nitrogens with zero attached hydrogens (tertiary/aromatic N) is 3. The molecule has 1 aromatic carbocycles. The summed E-state index contributed by atoms with van der Waals surface area (Å²) < 4.78 is 17.4. The standard InChI is InChI=1S/C34H41N3O7/c1-22(2)27-19-28-34(33(41)42-3,30(44-27)24-11-12-24)20-25(31(39)37(28)21-23-8-5-4-6-9-23)18-29(38)35-13-15-36(16-14-35)32(40)26-10-7-17-43-26/h4-10,17,19,22,24-25,27,30H,11-16,18,20-21H2,1-3H3/t25-,27+,30+,34+/m0/s1. The minimum Gasteiger partial charge on any atom is -0.468 e. The van der Waals surface area contributed by atoms with E-state index < -0.39 is 23.4 Å². The van der Waals surface area contributed by atoms with Crippen LogP contribution in [0.1, 0.15) is 55.6 Å². The fraction of sp³-hybridized carbons (Fsp3) is 0.529. The lowest BCUT2D eigenvalue weighted by Gasteiger charge is -2.53. The smallest absolute Gasteiger partial charge is 0.320 e. The van der Waals surface area contributed by atoms with Crippen LogP contribution in [0.4, 0.5) is 0 Å². The van der Waals surface area contributed by atoms with Gasteiger partial charge in [0.15, 0.2) is 5.76 Å². The number of carbonyl (C=O) groups is 4. The molecule has 234 valence electrons. The zero-order valence-corrected chi connectivity index (χ0v) is 25.6. The van der Waals surface area contributed by atoms with E-state index in [9.17, 15) is 19.2 Å². The Bertz CT molecular complexity index is 1410. The summed E-state index contributed by atoms with van der Waals surface area (Å²) in [6, 6.07) is 13.0. The monoisotopic (exact) mass is 603 g/mol. The van der Waals surface area contributed by atoms with Crippen molar-refractivity contribution in [2.24, 2.45) is 23.2 Å². The Morgan fingerprint density at radius 3 is 2.32 bits per heavy atom. The van der Waals surface area contributed by atoms with Crippen LogP contribution < -0.4 is 0 Å². The number of hydrogen-bond acceptors (Lipinski definition) is 7. The number of furan rings is 1. The van der Waals surface area contributed by atoms with Crippen LogP contribution in [0.2, 0.25) is 0 Å². The molecule has 10 heteroatoms. The average Bonchev–Trinajstić information content (AvgIpc) is 3.74. The molecule has 2 aromatic rings. The minimum absolute atomic E-state index is 0.0345. The Morgan fingerprint density at radius 2 is 1.70 bits per heavy atom. The second-order valence-corrected chi connectivity index (χ2v) is 12.8. The second kappa shape index (κ2) is 12.2. The number of methoxy groups -OCH3 is 1. The zero-order chi connectivity index (χ0) is 31.0. The molecule has 0 unspecified atom stereocenters. The molecular formula is C34H41N3O7. The Labute approximate surface area is 257 Å². The lowest BCUT2D eigenvalue weighted by atomic mass is 9.64. The number of likely N-dealkylation sites (tertiary alicyclic amines) is 1. The molecule has 1 saturated carbocycles. The fourth-order valence-corrected chi connectivity index (χ4v) is 7.03. The SMILES string of the molecule is COC(=O)[C@]12C[C@H](CC(=O)N3CCN(C(=O)c4ccco4)CC3)C(=O)N(Cc3ccccc3)C1=C[C@H](C(C)C)O[C@@H]2C1CC1. The highest BCUT2D eigenvalue weighted by Gasteiger charge is 2.64. The Balaban J connectivity index is 1.29. The van der Waals surface area contributed by atoms with Crippen LogP contribution in [0.25, 0.3) is 0 Å². The van der Waals surface area contributed by atoms with Crippen molar-refractivity contribution >= 4 is 23.7 Å². The quantitative estimate of drug-likeness (QED) is 0.422. The first kappa shape index (κ1) is 30.1. The van der Waals surface area contributed by atoms with Gasteiger partial charge in [-0.05, 0) is 54.9 Å². The first-order valence-corrected chi connectivity index (χ1v) is 15.6. The van der Waals surface area contributed by atoms with Crippen molar-refractivity contribution < 1.29 is 33.1 Å². The second-order valence-electron chi connectivity index (χ2n) is 12.8. The summed E-state index contributed by atoms with van der Waals surface area (Å²) in [4.78, 5) is 59.9. The Hall–Kier alpha value is -3.92. The topological polar surface area (TPSA) is 110 Å². The molecule has 0 radical (unpaired) electrons. The highest BCUT2D eigenvalue weighted by atomic mass is 16.5. The predicted molar refractivity (Wildman–Crippen MR) is 160 cm³/mol. The molecule has 0 bridgehead atoms. The summed E-state index contributed by atoms with van der Waals surface area (Å²) in [6.07, 6.45) is 4.73. The summed E-state index contributed by atoms with van der Waals surface area (Å²) in [6.45, 7) is 5.89. The summed E-state index contributed by atoms with van der Waals surface area (Å²) in [5.74, 6) is -1.09. The van der Waals surface area contributed by atoms with E-state index >= 15 is 0 Å². The molecular weight excluding hydrogens is 562 g/mol. The van der Waals surface area contributed by atoms with Gasteiger partial charge in [-0.2, -0.15) is 0 Å². The van der Waals surface area contributed by atoms with E-state index in [-0.39, 0.29) is 60.8 Å². The molecule has 3 amide bonds. The first-order chi connectivity index (χ1) is 21.2. The molecule has 4 heterocycles. The van der Waals surface area contributed by atoms with Crippen LogP contribution in [0.5, 0.6) is 0 Å². The third-order valence-electron chi connectivity index (χ3n) is 9.56. The highest BCUT2D eigenvalue weighted by molar-refractivity contribution is 5.93. The summed E-state index contributed by atoms with van der Waals surface area (Å²) in [5, 5.41) is 0. The van der Waals surface area contributed by atoms with Gasteiger partial charge in [0.25, 0.3) is 5.91 Å². The van der Waals surface area contributed by atoms with Gasteiger partial charge >= 0.3 is 5.97 Å². The van der Waals surface area contributed by atoms with E-state index in [0.29, 0.717) is 31.9 Å². The van der Waals surface area contributed by atoms with Crippen LogP contribution in [0.15, 0.2) is 64.9 Å². The number of hydrogen-bond donors (Lipinski definition) is 0. The summed E-state index contributed by atoms with van der Waals surface area (Å²) in [5.41, 5.74) is 0.387. The van der Waals surface area contributed by atoms with Crippen LogP contribution in [-0.4, -0.2) is 83.9 Å². The lowest BCUT2D eigenvalue weighted by molar-refractivity contribution is -0.182. The molecule has 1 aromatic heterocycles. The number of benzene rings is 1. The number of ether oxygens (including phenoxy) is 2. The molecule has 4 atom stereocenters. The molecule has 6 rings (SSSR count). The van der Waals surface area contributed by atoms with Crippen molar-refractivity contribution in [2.75, 3.05) is 33.3 Å². The van der Waals surface area contributed by atoms with Crippen molar-refractivity contribution in [3.05, 3.63) is 71.8 Å². The number of esters is 1. The van der Waals surface area contributed by atoms with Gasteiger partial charge in [-0.25, -0.2) is 0 Å². The number of carbonyl (C=O) groups excluding carboxylic acids is 4. The van der Waals surface area contributed by atoms with Gasteiger partial charge in [0.2, 0.25) is 11.8 Å². The normalized spacial score (nSPS) is 27.2. The van der Waals surface area contributed by atoms with Crippen molar-refractivity contribution in [2.45, 2.75) is 58.3 Å². The number of rotatable bonds is 8. The van der Waals surface area contributed by atoms with Gasteiger partial charge in [-0.15, -0.1) is 0 Å². The third-order valence-corrected chi connectivity index (χ3v) is 9.56. The number of fused-ring (bicyclic) bond motifs is 1. The molecule has 4 aliphatic rings. The van der Waals surface area contributed by atoms with E-state index in [1.165, 1.54) is 13.4 Å². The van der Waals surface area contributed by atoms with Crippen molar-refractivity contribution in [3.8, 4) is 0 Å². The highest BCUT2D eigenvalue weighted by Crippen LogP contribution is 2.56. The van der Waals surface area contributed by atoms with Gasteiger partial charge in [0.1, 0.15) is 5.41 Å². The number of piperidine rings is 1. The van der Waals surface area contributed by atoms with Crippen LogP contribution >= 0.6 is 0 Å². The molecule has 3 aliphatic heterocycles. The first-order valence-electron chi connectivity index (χ1n) is 15.6. The largest absolute Gasteiger partial charge is 0.468 e. The van der Waals surface area contributed by atoms with Crippen molar-refractivity contribution in [3.63, 3.8) is 0 Å². The van der Waals surface area contributed by atoms with Crippen LogP contribution in [0, 0.1) is 23.2 Å². The van der Waals surface area contributed by atoms with Crippen molar-refractivity contribution in [1.82, 2.24) is 14.7 Å². The van der Waals surface area contributed by atoms with Crippen LogP contribution in [-0.2, 0) is 30.4 Å². The third kappa shape index (κ3) is 5.56.